The maximum Gasteiger partial charge on any atom is 0.221 e. The zero-order valence-corrected chi connectivity index (χ0v) is 21.8. The van der Waals surface area contributed by atoms with Gasteiger partial charge in [0, 0.05) is 50.7 Å². The Morgan fingerprint density at radius 3 is 2.72 bits per heavy atom. The number of carbonyl (C=O) groups is 1. The molecule has 180 valence electrons. The van der Waals surface area contributed by atoms with Gasteiger partial charge >= 0.3 is 0 Å². The molecule has 1 aliphatic heterocycles. The number of carbonyl (C=O) groups excluding carboxylic acids is 1. The summed E-state index contributed by atoms with van der Waals surface area (Å²) in [6, 6.07) is 6.62. The maximum absolute atomic E-state index is 12.2. The van der Waals surface area contributed by atoms with Crippen molar-refractivity contribution in [2.24, 2.45) is 10.9 Å². The van der Waals surface area contributed by atoms with E-state index in [2.05, 4.69) is 46.1 Å². The fourth-order valence-electron chi connectivity index (χ4n) is 4.11. The van der Waals surface area contributed by atoms with Crippen LogP contribution in [-0.2, 0) is 16.1 Å². The maximum atomic E-state index is 12.2. The number of ether oxygens (including phenoxy) is 2. The molecule has 1 amide bonds. The van der Waals surface area contributed by atoms with Gasteiger partial charge < -0.3 is 25.4 Å². The lowest BCUT2D eigenvalue weighted by atomic mass is 9.95. The number of nitrogens with one attached hydrogen (secondary N) is 3. The van der Waals surface area contributed by atoms with E-state index in [4.69, 9.17) is 9.47 Å². The summed E-state index contributed by atoms with van der Waals surface area (Å²) in [5, 5.41) is 9.72. The third-order valence-corrected chi connectivity index (χ3v) is 6.01. The minimum Gasteiger partial charge on any atom is -0.493 e. The molecule has 1 aromatic rings. The van der Waals surface area contributed by atoms with E-state index in [1.54, 1.807) is 7.05 Å². The van der Waals surface area contributed by atoms with Crippen molar-refractivity contribution in [1.82, 2.24) is 16.0 Å². The number of halogens is 1. The summed E-state index contributed by atoms with van der Waals surface area (Å²) in [7, 11) is 1.74. The van der Waals surface area contributed by atoms with Crippen LogP contribution in [-0.4, -0.2) is 51.3 Å². The zero-order valence-electron chi connectivity index (χ0n) is 19.5. The molecule has 1 aromatic carbocycles. The summed E-state index contributed by atoms with van der Waals surface area (Å²) in [5.41, 5.74) is 2.26. The fourth-order valence-corrected chi connectivity index (χ4v) is 4.11. The number of guanidine groups is 1. The summed E-state index contributed by atoms with van der Waals surface area (Å²) in [6.45, 7) is 5.52. The van der Waals surface area contributed by atoms with Gasteiger partial charge in [-0.15, -0.1) is 24.0 Å². The molecule has 2 fully saturated rings. The van der Waals surface area contributed by atoms with Crippen LogP contribution in [0.3, 0.4) is 0 Å². The van der Waals surface area contributed by atoms with Crippen LogP contribution in [0.2, 0.25) is 0 Å². The van der Waals surface area contributed by atoms with E-state index in [1.165, 1.54) is 24.8 Å². The number of hydrogen-bond donors (Lipinski definition) is 3. The number of amides is 1. The summed E-state index contributed by atoms with van der Waals surface area (Å²) in [4.78, 5) is 16.5. The number of nitrogens with zero attached hydrogens (tertiary/aromatic N) is 1. The number of rotatable bonds is 9. The van der Waals surface area contributed by atoms with Crippen LogP contribution in [0.4, 0.5) is 0 Å². The van der Waals surface area contributed by atoms with Crippen molar-refractivity contribution in [3.63, 3.8) is 0 Å². The topological polar surface area (TPSA) is 84.0 Å². The molecule has 2 aliphatic rings. The first-order chi connectivity index (χ1) is 15.1. The second-order valence-corrected chi connectivity index (χ2v) is 8.66. The van der Waals surface area contributed by atoms with Gasteiger partial charge in [-0.2, -0.15) is 0 Å². The van der Waals surface area contributed by atoms with E-state index in [0.717, 1.165) is 43.8 Å². The lowest BCUT2D eigenvalue weighted by molar-refractivity contribution is -0.121. The first-order valence-corrected chi connectivity index (χ1v) is 11.7. The molecule has 0 spiro atoms. The molecule has 1 atom stereocenters. The number of aliphatic imine (C=N–C) groups is 1. The smallest absolute Gasteiger partial charge is 0.221 e. The molecule has 3 rings (SSSR count). The summed E-state index contributed by atoms with van der Waals surface area (Å²) in [5.74, 6) is 2.17. The van der Waals surface area contributed by atoms with Crippen LogP contribution in [0.25, 0.3) is 0 Å². The van der Waals surface area contributed by atoms with Crippen molar-refractivity contribution in [3.8, 4) is 5.75 Å². The second-order valence-electron chi connectivity index (χ2n) is 8.66. The molecule has 0 bridgehead atoms. The van der Waals surface area contributed by atoms with Crippen molar-refractivity contribution in [2.75, 3.05) is 33.4 Å². The fraction of sp³-hybridized carbons (Fsp3) is 0.667. The Kier molecular flexibility index (Phi) is 12.2. The van der Waals surface area contributed by atoms with Gasteiger partial charge in [0.2, 0.25) is 5.91 Å². The van der Waals surface area contributed by atoms with Gasteiger partial charge in [-0.05, 0) is 37.8 Å². The Hall–Kier alpha value is -1.55. The van der Waals surface area contributed by atoms with Gasteiger partial charge in [-0.25, -0.2) is 0 Å². The Morgan fingerprint density at radius 2 is 2.00 bits per heavy atom. The molecule has 7 nitrogen and oxygen atoms in total. The van der Waals surface area contributed by atoms with Crippen LogP contribution in [0, 0.1) is 12.8 Å². The normalized spacial score (nSPS) is 19.2. The number of hydrogen-bond acceptors (Lipinski definition) is 4. The largest absolute Gasteiger partial charge is 0.493 e. The summed E-state index contributed by atoms with van der Waals surface area (Å²) < 4.78 is 11.6. The highest BCUT2D eigenvalue weighted by molar-refractivity contribution is 14.0. The molecule has 0 aromatic heterocycles. The van der Waals surface area contributed by atoms with Crippen molar-refractivity contribution in [3.05, 3.63) is 29.3 Å². The van der Waals surface area contributed by atoms with E-state index in [1.807, 2.05) is 0 Å². The Bertz CT molecular complexity index is 732. The van der Waals surface area contributed by atoms with Gasteiger partial charge in [0.05, 0.1) is 13.2 Å². The lowest BCUT2D eigenvalue weighted by Crippen LogP contribution is -2.41. The average molecular weight is 559 g/mol. The quantitative estimate of drug-likeness (QED) is 0.246. The van der Waals surface area contributed by atoms with Crippen molar-refractivity contribution in [1.29, 1.82) is 0 Å². The molecule has 1 saturated carbocycles. The molecule has 1 unspecified atom stereocenters. The zero-order chi connectivity index (χ0) is 21.9. The molecule has 32 heavy (non-hydrogen) atoms. The number of benzene rings is 1. The predicted octanol–water partition coefficient (Wildman–Crippen LogP) is 3.53. The molecule has 3 N–H and O–H groups in total. The second kappa shape index (κ2) is 14.6. The van der Waals surface area contributed by atoms with Crippen LogP contribution < -0.4 is 20.7 Å². The van der Waals surface area contributed by atoms with Crippen molar-refractivity contribution in [2.45, 2.75) is 64.5 Å². The Labute approximate surface area is 209 Å². The molecular formula is C24H39IN4O3. The highest BCUT2D eigenvalue weighted by Crippen LogP contribution is 2.22. The third-order valence-electron chi connectivity index (χ3n) is 6.01. The molecule has 8 heteroatoms. The Balaban J connectivity index is 0.00000363. The Morgan fingerprint density at radius 1 is 1.19 bits per heavy atom. The summed E-state index contributed by atoms with van der Waals surface area (Å²) >= 11 is 0. The van der Waals surface area contributed by atoms with Gasteiger partial charge in [0.15, 0.2) is 5.96 Å². The molecule has 0 radical (unpaired) electrons. The molecule has 1 aliphatic carbocycles. The minimum atomic E-state index is 0. The van der Waals surface area contributed by atoms with E-state index < -0.39 is 0 Å². The van der Waals surface area contributed by atoms with E-state index in [0.29, 0.717) is 44.0 Å². The highest BCUT2D eigenvalue weighted by Gasteiger charge is 2.17. The minimum absolute atomic E-state index is 0. The van der Waals surface area contributed by atoms with Crippen LogP contribution in [0.5, 0.6) is 5.75 Å². The molecule has 1 saturated heterocycles. The standard InChI is InChI=1S/C24H38N4O3.HI/c1-18-8-9-20(22(14-18)31-17-19-11-13-30-16-19)15-27-24(25-2)26-12-10-23(29)28-21-6-4-3-5-7-21;/h8-9,14,19,21H,3-7,10-13,15-17H2,1-2H3,(H,28,29)(H2,25,26,27);1H. The van der Waals surface area contributed by atoms with Gasteiger partial charge in [-0.3, -0.25) is 9.79 Å². The third kappa shape index (κ3) is 9.13. The average Bonchev–Trinajstić information content (AvgIpc) is 3.30. The van der Waals surface area contributed by atoms with Crippen molar-refractivity contribution >= 4 is 35.8 Å². The van der Waals surface area contributed by atoms with E-state index in [-0.39, 0.29) is 29.9 Å². The lowest BCUT2D eigenvalue weighted by Gasteiger charge is -2.22. The van der Waals surface area contributed by atoms with E-state index in [9.17, 15) is 4.79 Å². The van der Waals surface area contributed by atoms with Crippen LogP contribution in [0.1, 0.15) is 56.1 Å². The highest BCUT2D eigenvalue weighted by atomic mass is 127. The predicted molar refractivity (Wildman–Crippen MR) is 139 cm³/mol. The van der Waals surface area contributed by atoms with Gasteiger partial charge in [0.1, 0.15) is 5.75 Å². The first-order valence-electron chi connectivity index (χ1n) is 11.7. The monoisotopic (exact) mass is 558 g/mol. The van der Waals surface area contributed by atoms with E-state index >= 15 is 0 Å². The summed E-state index contributed by atoms with van der Waals surface area (Å²) in [6.07, 6.45) is 7.45. The van der Waals surface area contributed by atoms with Crippen LogP contribution >= 0.6 is 24.0 Å². The van der Waals surface area contributed by atoms with Gasteiger partial charge in [0.25, 0.3) is 0 Å². The van der Waals surface area contributed by atoms with Crippen LogP contribution in [0.15, 0.2) is 23.2 Å². The number of aryl methyl sites for hydroxylation is 1. The SMILES string of the molecule is CN=C(NCCC(=O)NC1CCCCC1)NCc1ccc(C)cc1OCC1CCOC1.I. The van der Waals surface area contributed by atoms with Crippen molar-refractivity contribution < 1.29 is 14.3 Å². The first kappa shape index (κ1) is 26.7. The molecule has 1 heterocycles. The molecular weight excluding hydrogens is 519 g/mol. The van der Waals surface area contributed by atoms with Gasteiger partial charge in [-0.1, -0.05) is 31.4 Å².